The Kier molecular flexibility index (Phi) is 9.81. The molecule has 2 aromatic carbocycles. The zero-order chi connectivity index (χ0) is 21.8. The first kappa shape index (κ1) is 23.9. The Hall–Kier alpha value is -2.40. The fourth-order valence-corrected chi connectivity index (χ4v) is 3.63. The summed E-state index contributed by atoms with van der Waals surface area (Å²) in [5.74, 6) is 0.829. The van der Waals surface area contributed by atoms with Crippen molar-refractivity contribution in [2.45, 2.75) is 57.3 Å². The summed E-state index contributed by atoms with van der Waals surface area (Å²) in [4.78, 5) is 0. The lowest BCUT2D eigenvalue weighted by atomic mass is 9.90. The maximum absolute atomic E-state index is 10.6. The van der Waals surface area contributed by atoms with Crippen molar-refractivity contribution in [1.82, 2.24) is 0 Å². The van der Waals surface area contributed by atoms with Gasteiger partial charge in [0.2, 0.25) is 0 Å². The Balaban J connectivity index is 1.86. The summed E-state index contributed by atoms with van der Waals surface area (Å²) in [6, 6.07) is 13.9. The van der Waals surface area contributed by atoms with Gasteiger partial charge in [-0.2, -0.15) is 0 Å². The molecule has 30 heavy (non-hydrogen) atoms. The second-order valence-electron chi connectivity index (χ2n) is 7.73. The summed E-state index contributed by atoms with van der Waals surface area (Å²) in [6.45, 7) is 7.86. The van der Waals surface area contributed by atoms with E-state index in [1.807, 2.05) is 30.3 Å². The highest BCUT2D eigenvalue weighted by molar-refractivity contribution is 5.33. The minimum absolute atomic E-state index is 0.0614. The van der Waals surface area contributed by atoms with Crippen molar-refractivity contribution in [2.24, 2.45) is 0 Å². The lowest BCUT2D eigenvalue weighted by molar-refractivity contribution is 0.0318. The molecule has 0 aliphatic rings. The third-order valence-electron chi connectivity index (χ3n) is 5.32. The molecule has 0 amide bonds. The van der Waals surface area contributed by atoms with E-state index in [-0.39, 0.29) is 13.2 Å². The van der Waals surface area contributed by atoms with Gasteiger partial charge in [0.15, 0.2) is 0 Å². The Labute approximate surface area is 180 Å². The van der Waals surface area contributed by atoms with Gasteiger partial charge in [0.25, 0.3) is 0 Å². The largest absolute Gasteiger partial charge is 0.494 e. The smallest absolute Gasteiger partial charge is 0.119 e. The van der Waals surface area contributed by atoms with Crippen molar-refractivity contribution in [3.8, 4) is 5.75 Å². The third-order valence-corrected chi connectivity index (χ3v) is 5.32. The van der Waals surface area contributed by atoms with Crippen LogP contribution in [0.5, 0.6) is 5.75 Å². The molecule has 0 atom stereocenters. The minimum atomic E-state index is -0.784. The van der Waals surface area contributed by atoms with Gasteiger partial charge in [0.05, 0.1) is 25.4 Å². The molecule has 4 heteroatoms. The molecule has 2 rings (SSSR count). The molecule has 0 unspecified atom stereocenters. The van der Waals surface area contributed by atoms with Gasteiger partial charge < -0.3 is 20.1 Å². The zero-order valence-electron chi connectivity index (χ0n) is 17.7. The molecule has 0 aliphatic carbocycles. The number of hydrogen-bond donors (Lipinski definition) is 3. The molecule has 162 valence electrons. The van der Waals surface area contributed by atoms with Crippen LogP contribution in [0.3, 0.4) is 0 Å². The average molecular weight is 411 g/mol. The van der Waals surface area contributed by atoms with Crippen LogP contribution in [-0.2, 0) is 26.1 Å². The van der Waals surface area contributed by atoms with Crippen LogP contribution in [-0.4, -0.2) is 27.5 Å². The molecule has 0 aromatic heterocycles. The standard InChI is InChI=1S/C26H34O4/c1-3-13-26(29,14-4-2)15-6-16-30-25-8-5-7-21(18-25)9-10-22-11-12-23(19-27)24(17-22)20-28/h3-5,7-8,11-12,17-18,27-29H,1-2,6,9-10,13-16,19-20H2. The number of ether oxygens (including phenoxy) is 1. The number of benzene rings is 2. The number of aryl methyl sites for hydroxylation is 2. The summed E-state index contributed by atoms with van der Waals surface area (Å²) in [5.41, 5.74) is 3.07. The normalized spacial score (nSPS) is 11.3. The fourth-order valence-electron chi connectivity index (χ4n) is 3.63. The van der Waals surface area contributed by atoms with Gasteiger partial charge >= 0.3 is 0 Å². The van der Waals surface area contributed by atoms with Gasteiger partial charge in [-0.25, -0.2) is 0 Å². The lowest BCUT2D eigenvalue weighted by Crippen LogP contribution is -2.27. The zero-order valence-corrected chi connectivity index (χ0v) is 17.7. The molecule has 0 saturated carbocycles. The van der Waals surface area contributed by atoms with E-state index >= 15 is 0 Å². The molecule has 0 heterocycles. The van der Waals surface area contributed by atoms with Crippen molar-refractivity contribution >= 4 is 0 Å². The first-order chi connectivity index (χ1) is 14.5. The lowest BCUT2D eigenvalue weighted by Gasteiger charge is -2.25. The summed E-state index contributed by atoms with van der Waals surface area (Å²) < 4.78 is 5.89. The predicted molar refractivity (Wildman–Crippen MR) is 121 cm³/mol. The van der Waals surface area contributed by atoms with E-state index < -0.39 is 5.60 Å². The van der Waals surface area contributed by atoms with Crippen molar-refractivity contribution in [1.29, 1.82) is 0 Å². The van der Waals surface area contributed by atoms with E-state index in [1.165, 1.54) is 5.56 Å². The van der Waals surface area contributed by atoms with Crippen molar-refractivity contribution in [3.63, 3.8) is 0 Å². The highest BCUT2D eigenvalue weighted by Crippen LogP contribution is 2.23. The molecular weight excluding hydrogens is 376 g/mol. The molecule has 2 aromatic rings. The molecule has 0 aliphatic heterocycles. The van der Waals surface area contributed by atoms with E-state index in [2.05, 4.69) is 25.3 Å². The van der Waals surface area contributed by atoms with Crippen LogP contribution in [0.2, 0.25) is 0 Å². The number of hydrogen-bond acceptors (Lipinski definition) is 4. The molecule has 4 nitrogen and oxygen atoms in total. The monoisotopic (exact) mass is 410 g/mol. The Morgan fingerprint density at radius 1 is 0.867 bits per heavy atom. The quantitative estimate of drug-likeness (QED) is 0.317. The average Bonchev–Trinajstić information content (AvgIpc) is 2.76. The van der Waals surface area contributed by atoms with Crippen LogP contribution >= 0.6 is 0 Å². The van der Waals surface area contributed by atoms with Crippen molar-refractivity contribution in [2.75, 3.05) is 6.61 Å². The maximum atomic E-state index is 10.6. The van der Waals surface area contributed by atoms with Crippen LogP contribution in [0.15, 0.2) is 67.8 Å². The minimum Gasteiger partial charge on any atom is -0.494 e. The highest BCUT2D eigenvalue weighted by Gasteiger charge is 2.23. The van der Waals surface area contributed by atoms with Crippen LogP contribution in [0.25, 0.3) is 0 Å². The van der Waals surface area contributed by atoms with E-state index in [0.29, 0.717) is 25.9 Å². The first-order valence-electron chi connectivity index (χ1n) is 10.5. The van der Waals surface area contributed by atoms with Gasteiger partial charge in [0, 0.05) is 0 Å². The maximum Gasteiger partial charge on any atom is 0.119 e. The fraction of sp³-hybridized carbons (Fsp3) is 0.385. The summed E-state index contributed by atoms with van der Waals surface area (Å²) in [5, 5.41) is 29.3. The van der Waals surface area contributed by atoms with E-state index in [1.54, 1.807) is 12.2 Å². The topological polar surface area (TPSA) is 69.9 Å². The summed E-state index contributed by atoms with van der Waals surface area (Å²) in [7, 11) is 0. The van der Waals surface area contributed by atoms with Gasteiger partial charge in [-0.3, -0.25) is 0 Å². The van der Waals surface area contributed by atoms with Gasteiger partial charge in [-0.1, -0.05) is 42.5 Å². The molecule has 0 saturated heterocycles. The molecule has 0 spiro atoms. The number of aliphatic hydroxyl groups is 3. The van der Waals surface area contributed by atoms with E-state index in [4.69, 9.17) is 4.74 Å². The van der Waals surface area contributed by atoms with Crippen LogP contribution in [0.1, 0.15) is 47.9 Å². The Morgan fingerprint density at radius 2 is 1.53 bits per heavy atom. The second kappa shape index (κ2) is 12.3. The first-order valence-corrected chi connectivity index (χ1v) is 10.5. The molecule has 3 N–H and O–H groups in total. The van der Waals surface area contributed by atoms with Crippen LogP contribution < -0.4 is 4.74 Å². The Bertz CT molecular complexity index is 802. The SMILES string of the molecule is C=CCC(O)(CC=C)CCCOc1cccc(CCc2ccc(CO)c(CO)c2)c1. The molecule has 0 bridgehead atoms. The molecule has 0 fully saturated rings. The van der Waals surface area contributed by atoms with E-state index in [9.17, 15) is 15.3 Å². The highest BCUT2D eigenvalue weighted by atomic mass is 16.5. The number of rotatable bonds is 14. The Morgan fingerprint density at radius 3 is 2.17 bits per heavy atom. The predicted octanol–water partition coefficient (Wildman–Crippen LogP) is 4.50. The van der Waals surface area contributed by atoms with Gasteiger partial charge in [-0.15, -0.1) is 13.2 Å². The third kappa shape index (κ3) is 7.45. The molecular formula is C26H34O4. The van der Waals surface area contributed by atoms with Crippen LogP contribution in [0.4, 0.5) is 0 Å². The van der Waals surface area contributed by atoms with Crippen molar-refractivity contribution < 1.29 is 20.1 Å². The second-order valence-corrected chi connectivity index (χ2v) is 7.73. The van der Waals surface area contributed by atoms with Gasteiger partial charge in [-0.05, 0) is 72.9 Å². The van der Waals surface area contributed by atoms with Gasteiger partial charge in [0.1, 0.15) is 5.75 Å². The van der Waals surface area contributed by atoms with E-state index in [0.717, 1.165) is 41.7 Å². The van der Waals surface area contributed by atoms with Crippen LogP contribution in [0, 0.1) is 0 Å². The van der Waals surface area contributed by atoms with Crippen molar-refractivity contribution in [3.05, 3.63) is 90.0 Å². The summed E-state index contributed by atoms with van der Waals surface area (Å²) >= 11 is 0. The molecule has 0 radical (unpaired) electrons. The number of aliphatic hydroxyl groups excluding tert-OH is 2. The summed E-state index contributed by atoms with van der Waals surface area (Å²) in [6.07, 6.45) is 7.68.